The third-order valence-electron chi connectivity index (χ3n) is 0.370. The van der Waals surface area contributed by atoms with Crippen LogP contribution in [0.1, 0.15) is 6.42 Å². The first-order valence-corrected chi connectivity index (χ1v) is 1.92. The predicted molar refractivity (Wildman–Crippen MR) is 24.0 cm³/mol. The first-order valence-electron chi connectivity index (χ1n) is 1.92. The Labute approximate surface area is 41.9 Å². The smallest absolute Gasteiger partial charge is 0.450 e. The Bertz CT molecular complexity index is 60.0. The zero-order valence-electron chi connectivity index (χ0n) is 3.89. The lowest BCUT2D eigenvalue weighted by atomic mass is 10.5. The molecule has 0 aromatic carbocycles. The van der Waals surface area contributed by atoms with E-state index < -0.39 is 6.16 Å². The van der Waals surface area contributed by atoms with Crippen LogP contribution in [-0.2, 0) is 4.74 Å². The molecular weight excluding hydrogens is 96.0 g/mol. The van der Waals surface area contributed by atoms with Crippen molar-refractivity contribution in [1.29, 1.82) is 0 Å². The highest BCUT2D eigenvalue weighted by Gasteiger charge is 1.92. The lowest BCUT2D eigenvalue weighted by Crippen LogP contribution is -1.99. The molecule has 0 spiro atoms. The molecule has 1 N–H and O–H groups in total. The standard InChI is InChI=1S/C4H6O3/c1-2-3-7-4(5)6/h1-3H2/p+1. The van der Waals surface area contributed by atoms with Crippen LogP contribution in [0.15, 0.2) is 0 Å². The lowest BCUT2D eigenvalue weighted by molar-refractivity contribution is 0.0931. The van der Waals surface area contributed by atoms with Gasteiger partial charge in [0.15, 0.2) is 0 Å². The highest BCUT2D eigenvalue weighted by molar-refractivity contribution is 5.56. The topological polar surface area (TPSA) is 46.5 Å². The van der Waals surface area contributed by atoms with E-state index in [1.165, 1.54) is 0 Å². The third-order valence-corrected chi connectivity index (χ3v) is 0.370. The molecule has 3 heteroatoms. The Kier molecular flexibility index (Phi) is 2.92. The summed E-state index contributed by atoms with van der Waals surface area (Å²) in [5.74, 6) is 0. The second kappa shape index (κ2) is 3.33. The summed E-state index contributed by atoms with van der Waals surface area (Å²) in [5, 5.41) is 7.79. The van der Waals surface area contributed by atoms with Crippen molar-refractivity contribution in [2.24, 2.45) is 0 Å². The largest absolute Gasteiger partial charge is 0.505 e. The molecular formula is C4H7O3+. The molecule has 0 aromatic heterocycles. The minimum absolute atomic E-state index is 0.190. The molecule has 0 atom stereocenters. The van der Waals surface area contributed by atoms with Crippen molar-refractivity contribution in [3.8, 4) is 0 Å². The fourth-order valence-corrected chi connectivity index (χ4v) is 0.159. The lowest BCUT2D eigenvalue weighted by Gasteiger charge is -1.88. The van der Waals surface area contributed by atoms with Crippen LogP contribution in [-0.4, -0.2) is 17.9 Å². The van der Waals surface area contributed by atoms with Gasteiger partial charge in [-0.2, -0.15) is 0 Å². The zero-order chi connectivity index (χ0) is 5.70. The summed E-state index contributed by atoms with van der Waals surface area (Å²) in [6, 6.07) is 0. The van der Waals surface area contributed by atoms with Gasteiger partial charge in [0.25, 0.3) is 0 Å². The molecule has 40 valence electrons. The van der Waals surface area contributed by atoms with Crippen molar-refractivity contribution in [2.45, 2.75) is 6.42 Å². The summed E-state index contributed by atoms with van der Waals surface area (Å²) >= 11 is 0. The van der Waals surface area contributed by atoms with E-state index in [0.717, 1.165) is 0 Å². The highest BCUT2D eigenvalue weighted by atomic mass is 16.7. The van der Waals surface area contributed by atoms with Crippen LogP contribution in [0.25, 0.3) is 0 Å². The van der Waals surface area contributed by atoms with Gasteiger partial charge >= 0.3 is 6.16 Å². The van der Waals surface area contributed by atoms with Crippen molar-refractivity contribution in [3.63, 3.8) is 0 Å². The Hall–Kier alpha value is -0.860. The van der Waals surface area contributed by atoms with E-state index in [0.29, 0.717) is 6.42 Å². The third kappa shape index (κ3) is 5.14. The second-order valence-corrected chi connectivity index (χ2v) is 0.968. The van der Waals surface area contributed by atoms with Gasteiger partial charge in [0.05, 0.1) is 6.92 Å². The van der Waals surface area contributed by atoms with E-state index in [-0.39, 0.29) is 6.61 Å². The van der Waals surface area contributed by atoms with Crippen LogP contribution in [0.5, 0.6) is 0 Å². The molecule has 0 aliphatic rings. The molecule has 0 heterocycles. The molecule has 7 heavy (non-hydrogen) atoms. The normalized spacial score (nSPS) is 8.00. The van der Waals surface area contributed by atoms with Crippen LogP contribution in [0.4, 0.5) is 4.79 Å². The number of hydrogen-bond acceptors (Lipinski definition) is 2. The van der Waals surface area contributed by atoms with Crippen molar-refractivity contribution in [2.75, 3.05) is 6.61 Å². The average molecular weight is 103 g/mol. The summed E-state index contributed by atoms with van der Waals surface area (Å²) in [5.41, 5.74) is 0. The Balaban J connectivity index is 2.82. The van der Waals surface area contributed by atoms with E-state index in [4.69, 9.17) is 5.11 Å². The molecule has 0 bridgehead atoms. The van der Waals surface area contributed by atoms with Gasteiger partial charge < -0.3 is 9.84 Å². The van der Waals surface area contributed by atoms with Crippen LogP contribution >= 0.6 is 0 Å². The molecule has 0 aliphatic heterocycles. The number of hydrogen-bond donors (Lipinski definition) is 1. The van der Waals surface area contributed by atoms with Gasteiger partial charge in [0, 0.05) is 0 Å². The van der Waals surface area contributed by atoms with Crippen molar-refractivity contribution >= 4 is 6.16 Å². The van der Waals surface area contributed by atoms with Gasteiger partial charge in [-0.15, -0.1) is 0 Å². The molecule has 0 fully saturated rings. The van der Waals surface area contributed by atoms with Gasteiger partial charge in [-0.25, -0.2) is 4.79 Å². The summed E-state index contributed by atoms with van der Waals surface area (Å²) in [6.45, 7) is 3.56. The van der Waals surface area contributed by atoms with Gasteiger partial charge in [0.1, 0.15) is 13.0 Å². The average Bonchev–Trinajstić information content (AvgIpc) is 1.61. The molecule has 0 saturated heterocycles. The van der Waals surface area contributed by atoms with Gasteiger partial charge in [0.2, 0.25) is 0 Å². The molecule has 0 rings (SSSR count). The van der Waals surface area contributed by atoms with Crippen LogP contribution in [0, 0.1) is 6.92 Å². The van der Waals surface area contributed by atoms with E-state index in [9.17, 15) is 4.79 Å². The maximum absolute atomic E-state index is 9.51. The second-order valence-electron chi connectivity index (χ2n) is 0.968. The minimum Gasteiger partial charge on any atom is -0.450 e. The highest BCUT2D eigenvalue weighted by Crippen LogP contribution is 1.78. The summed E-state index contributed by atoms with van der Waals surface area (Å²) in [6.07, 6.45) is -0.740. The number of rotatable bonds is 2. The van der Waals surface area contributed by atoms with Crippen molar-refractivity contribution < 1.29 is 14.6 Å². The van der Waals surface area contributed by atoms with Gasteiger partial charge in [-0.3, -0.25) is 0 Å². The molecule has 0 aromatic rings. The maximum Gasteiger partial charge on any atom is 0.505 e. The number of carbonyl (C=O) groups is 1. The SMILES string of the molecule is [CH2+]CCOC(=O)O. The molecule has 3 nitrogen and oxygen atoms in total. The van der Waals surface area contributed by atoms with E-state index >= 15 is 0 Å². The molecule has 0 radical (unpaired) electrons. The summed E-state index contributed by atoms with van der Waals surface area (Å²) in [7, 11) is 0. The Morgan fingerprint density at radius 1 is 1.86 bits per heavy atom. The maximum atomic E-state index is 9.51. The Morgan fingerprint density at radius 3 is 2.57 bits per heavy atom. The molecule has 0 saturated carbocycles. The van der Waals surface area contributed by atoms with Crippen LogP contribution in [0.3, 0.4) is 0 Å². The fourth-order valence-electron chi connectivity index (χ4n) is 0.159. The van der Waals surface area contributed by atoms with E-state index in [1.807, 2.05) is 0 Å². The first kappa shape index (κ1) is 6.14. The number of carboxylic acid groups (broad SMARTS) is 1. The summed E-state index contributed by atoms with van der Waals surface area (Å²) < 4.78 is 4.05. The monoisotopic (exact) mass is 103 g/mol. The first-order chi connectivity index (χ1) is 3.27. The fraction of sp³-hybridized carbons (Fsp3) is 0.500. The van der Waals surface area contributed by atoms with Gasteiger partial charge in [-0.1, -0.05) is 0 Å². The van der Waals surface area contributed by atoms with E-state index in [2.05, 4.69) is 11.7 Å². The van der Waals surface area contributed by atoms with Gasteiger partial charge in [-0.05, 0) is 0 Å². The van der Waals surface area contributed by atoms with Crippen LogP contribution < -0.4 is 0 Å². The quantitative estimate of drug-likeness (QED) is 0.417. The van der Waals surface area contributed by atoms with Crippen molar-refractivity contribution in [1.82, 2.24) is 0 Å². The number of ether oxygens (including phenoxy) is 1. The molecule has 0 aliphatic carbocycles. The summed E-state index contributed by atoms with van der Waals surface area (Å²) in [4.78, 5) is 9.51. The zero-order valence-corrected chi connectivity index (χ0v) is 3.89. The Morgan fingerprint density at radius 2 is 2.43 bits per heavy atom. The van der Waals surface area contributed by atoms with E-state index in [1.54, 1.807) is 0 Å². The van der Waals surface area contributed by atoms with Crippen LogP contribution in [0.2, 0.25) is 0 Å². The minimum atomic E-state index is -1.23. The van der Waals surface area contributed by atoms with Crippen molar-refractivity contribution in [3.05, 3.63) is 6.92 Å². The predicted octanol–water partition coefficient (Wildman–Crippen LogP) is 0.905. The molecule has 0 amide bonds. The molecule has 0 unspecified atom stereocenters.